The number of oxazole rings is 1. The van der Waals surface area contributed by atoms with Crippen molar-refractivity contribution in [3.05, 3.63) is 84.3 Å². The standard InChI is InChI=1S/C26H26N2O6S/c1-18-21(27-26(34-18)19-14-15-24(32-3)25(16-19)33-4)17-28(22-12-8-9-13-23(22)31-2)35(29,30)20-10-6-5-7-11-20/h5-16H,17H2,1-4H3. The van der Waals surface area contributed by atoms with Crippen molar-refractivity contribution in [3.8, 4) is 28.7 Å². The van der Waals surface area contributed by atoms with Crippen LogP contribution in [0.1, 0.15) is 11.5 Å². The van der Waals surface area contributed by atoms with Gasteiger partial charge in [-0.05, 0) is 49.4 Å². The van der Waals surface area contributed by atoms with Crippen LogP contribution in [0.2, 0.25) is 0 Å². The van der Waals surface area contributed by atoms with Crippen LogP contribution in [-0.4, -0.2) is 34.7 Å². The topological polar surface area (TPSA) is 91.1 Å². The van der Waals surface area contributed by atoms with Crippen molar-refractivity contribution in [1.82, 2.24) is 4.98 Å². The highest BCUT2D eigenvalue weighted by Crippen LogP contribution is 2.36. The second-order valence-corrected chi connectivity index (χ2v) is 9.45. The number of para-hydroxylation sites is 2. The predicted octanol–water partition coefficient (Wildman–Crippen LogP) is 5.07. The molecule has 0 atom stereocenters. The van der Waals surface area contributed by atoms with Crippen LogP contribution >= 0.6 is 0 Å². The molecule has 1 heterocycles. The maximum absolute atomic E-state index is 13.7. The van der Waals surface area contributed by atoms with Crippen molar-refractivity contribution in [1.29, 1.82) is 0 Å². The van der Waals surface area contributed by atoms with Gasteiger partial charge < -0.3 is 18.6 Å². The van der Waals surface area contributed by atoms with Crippen LogP contribution in [0.4, 0.5) is 5.69 Å². The summed E-state index contributed by atoms with van der Waals surface area (Å²) in [5.41, 5.74) is 1.54. The number of anilines is 1. The molecule has 0 spiro atoms. The normalized spacial score (nSPS) is 11.2. The van der Waals surface area contributed by atoms with Gasteiger partial charge in [0.25, 0.3) is 10.0 Å². The van der Waals surface area contributed by atoms with Gasteiger partial charge in [0, 0.05) is 5.56 Å². The van der Waals surface area contributed by atoms with E-state index in [0.29, 0.717) is 45.8 Å². The van der Waals surface area contributed by atoms with Crippen molar-refractivity contribution in [3.63, 3.8) is 0 Å². The van der Waals surface area contributed by atoms with E-state index in [1.807, 2.05) is 0 Å². The molecule has 0 aliphatic heterocycles. The van der Waals surface area contributed by atoms with Gasteiger partial charge in [-0.1, -0.05) is 30.3 Å². The molecule has 0 unspecified atom stereocenters. The number of rotatable bonds is 9. The Morgan fingerprint density at radius 3 is 2.17 bits per heavy atom. The molecule has 0 radical (unpaired) electrons. The summed E-state index contributed by atoms with van der Waals surface area (Å²) in [4.78, 5) is 4.79. The third-order valence-corrected chi connectivity index (χ3v) is 7.28. The van der Waals surface area contributed by atoms with Gasteiger partial charge in [0.05, 0.1) is 38.5 Å². The fourth-order valence-corrected chi connectivity index (χ4v) is 5.12. The highest BCUT2D eigenvalue weighted by atomic mass is 32.2. The average Bonchev–Trinajstić information content (AvgIpc) is 3.27. The van der Waals surface area contributed by atoms with E-state index in [2.05, 4.69) is 4.98 Å². The molecule has 0 amide bonds. The number of hydrogen-bond donors (Lipinski definition) is 0. The van der Waals surface area contributed by atoms with Gasteiger partial charge in [0.2, 0.25) is 5.89 Å². The minimum Gasteiger partial charge on any atom is -0.495 e. The molecule has 9 heteroatoms. The van der Waals surface area contributed by atoms with Gasteiger partial charge >= 0.3 is 0 Å². The molecule has 35 heavy (non-hydrogen) atoms. The van der Waals surface area contributed by atoms with Gasteiger partial charge in [-0.3, -0.25) is 4.31 Å². The van der Waals surface area contributed by atoms with Crippen molar-refractivity contribution < 1.29 is 27.0 Å². The summed E-state index contributed by atoms with van der Waals surface area (Å²) in [6.07, 6.45) is 0. The molecule has 8 nitrogen and oxygen atoms in total. The number of hydrogen-bond acceptors (Lipinski definition) is 7. The maximum Gasteiger partial charge on any atom is 0.264 e. The summed E-state index contributed by atoms with van der Waals surface area (Å²) in [5.74, 6) is 2.38. The molecule has 0 N–H and O–H groups in total. The third-order valence-electron chi connectivity index (χ3n) is 5.50. The Kier molecular flexibility index (Phi) is 6.97. The van der Waals surface area contributed by atoms with E-state index >= 15 is 0 Å². The average molecular weight is 495 g/mol. The van der Waals surface area contributed by atoms with Crippen molar-refractivity contribution in [2.75, 3.05) is 25.6 Å². The number of ether oxygens (including phenoxy) is 3. The molecule has 182 valence electrons. The van der Waals surface area contributed by atoms with E-state index in [-0.39, 0.29) is 11.4 Å². The number of sulfonamides is 1. The maximum atomic E-state index is 13.7. The summed E-state index contributed by atoms with van der Waals surface area (Å²) >= 11 is 0. The van der Waals surface area contributed by atoms with Gasteiger partial charge in [0.15, 0.2) is 11.5 Å². The van der Waals surface area contributed by atoms with E-state index in [4.69, 9.17) is 18.6 Å². The fraction of sp³-hybridized carbons (Fsp3) is 0.192. The zero-order valence-corrected chi connectivity index (χ0v) is 20.7. The Balaban J connectivity index is 1.78. The lowest BCUT2D eigenvalue weighted by molar-refractivity contribution is 0.355. The zero-order chi connectivity index (χ0) is 25.0. The van der Waals surface area contributed by atoms with E-state index < -0.39 is 10.0 Å². The summed E-state index contributed by atoms with van der Waals surface area (Å²) in [5, 5.41) is 0. The zero-order valence-electron chi connectivity index (χ0n) is 19.9. The van der Waals surface area contributed by atoms with E-state index in [1.165, 1.54) is 11.4 Å². The smallest absolute Gasteiger partial charge is 0.264 e. The summed E-state index contributed by atoms with van der Waals surface area (Å²) < 4.78 is 50.8. The van der Waals surface area contributed by atoms with Crippen LogP contribution in [0.15, 0.2) is 82.1 Å². The number of aromatic nitrogens is 1. The lowest BCUT2D eigenvalue weighted by Gasteiger charge is -2.25. The summed E-state index contributed by atoms with van der Waals surface area (Å²) in [7, 11) is 0.670. The monoisotopic (exact) mass is 494 g/mol. The highest BCUT2D eigenvalue weighted by molar-refractivity contribution is 7.92. The largest absolute Gasteiger partial charge is 0.495 e. The lowest BCUT2D eigenvalue weighted by atomic mass is 10.2. The molecular weight excluding hydrogens is 468 g/mol. The Labute approximate surface area is 204 Å². The summed E-state index contributed by atoms with van der Waals surface area (Å²) in [6, 6.07) is 20.5. The van der Waals surface area contributed by atoms with E-state index in [0.717, 1.165) is 0 Å². The number of nitrogens with zero attached hydrogens (tertiary/aromatic N) is 2. The molecule has 0 bridgehead atoms. The Morgan fingerprint density at radius 1 is 0.829 bits per heavy atom. The molecule has 4 rings (SSSR count). The van der Waals surface area contributed by atoms with Gasteiger partial charge in [-0.15, -0.1) is 0 Å². The first-order valence-electron chi connectivity index (χ1n) is 10.8. The first-order chi connectivity index (χ1) is 16.9. The minimum atomic E-state index is -3.94. The number of methoxy groups -OCH3 is 3. The second kappa shape index (κ2) is 10.1. The molecule has 4 aromatic rings. The first kappa shape index (κ1) is 24.2. The van der Waals surface area contributed by atoms with Crippen LogP contribution in [0, 0.1) is 6.92 Å². The number of aryl methyl sites for hydroxylation is 1. The minimum absolute atomic E-state index is 0.0553. The van der Waals surface area contributed by atoms with E-state index in [9.17, 15) is 8.42 Å². The fourth-order valence-electron chi connectivity index (χ4n) is 3.66. The Hall–Kier alpha value is -3.98. The molecule has 1 aromatic heterocycles. The third kappa shape index (κ3) is 4.81. The quantitative estimate of drug-likeness (QED) is 0.321. The van der Waals surface area contributed by atoms with Gasteiger partial charge in [0.1, 0.15) is 17.2 Å². The van der Waals surface area contributed by atoms with Gasteiger partial charge in [-0.2, -0.15) is 0 Å². The predicted molar refractivity (Wildman–Crippen MR) is 133 cm³/mol. The van der Waals surface area contributed by atoms with Crippen molar-refractivity contribution in [2.45, 2.75) is 18.4 Å². The Morgan fingerprint density at radius 2 is 1.49 bits per heavy atom. The molecule has 0 fully saturated rings. The molecular formula is C26H26N2O6S. The van der Waals surface area contributed by atoms with Crippen LogP contribution in [-0.2, 0) is 16.6 Å². The van der Waals surface area contributed by atoms with Crippen LogP contribution in [0.25, 0.3) is 11.5 Å². The summed E-state index contributed by atoms with van der Waals surface area (Å²) in [6.45, 7) is 1.70. The van der Waals surface area contributed by atoms with Crippen LogP contribution in [0.5, 0.6) is 17.2 Å². The van der Waals surface area contributed by atoms with Crippen molar-refractivity contribution >= 4 is 15.7 Å². The second-order valence-electron chi connectivity index (χ2n) is 7.59. The molecule has 0 saturated carbocycles. The van der Waals surface area contributed by atoms with Gasteiger partial charge in [-0.25, -0.2) is 13.4 Å². The first-order valence-corrected chi connectivity index (χ1v) is 12.2. The molecule has 0 aliphatic rings. The van der Waals surface area contributed by atoms with Crippen LogP contribution < -0.4 is 18.5 Å². The van der Waals surface area contributed by atoms with Crippen molar-refractivity contribution in [2.24, 2.45) is 0 Å². The molecule has 0 aliphatic carbocycles. The van der Waals surface area contributed by atoms with Crippen LogP contribution in [0.3, 0.4) is 0 Å². The Bertz CT molecular complexity index is 1420. The lowest BCUT2D eigenvalue weighted by Crippen LogP contribution is -2.31. The molecule has 0 saturated heterocycles. The highest BCUT2D eigenvalue weighted by Gasteiger charge is 2.29. The number of benzene rings is 3. The molecule has 3 aromatic carbocycles. The SMILES string of the molecule is COc1ccc(-c2nc(CN(c3ccccc3OC)S(=O)(=O)c3ccccc3)c(C)o2)cc1OC. The van der Waals surface area contributed by atoms with E-state index in [1.54, 1.807) is 93.9 Å².